The van der Waals surface area contributed by atoms with E-state index >= 15 is 0 Å². The molecule has 0 saturated carbocycles. The van der Waals surface area contributed by atoms with Crippen molar-refractivity contribution in [1.82, 2.24) is 9.88 Å². The van der Waals surface area contributed by atoms with Gasteiger partial charge in [0.25, 0.3) is 0 Å². The molecule has 0 aliphatic rings. The van der Waals surface area contributed by atoms with Crippen molar-refractivity contribution in [3.63, 3.8) is 0 Å². The van der Waals surface area contributed by atoms with Crippen LogP contribution in [-0.2, 0) is 28.9 Å². The van der Waals surface area contributed by atoms with E-state index in [4.69, 9.17) is 24.0 Å². The van der Waals surface area contributed by atoms with Crippen LogP contribution in [0, 0.1) is 6.92 Å². The standard InChI is InChI=1S/C33H36N2O6/c1-22(2)40-33(38)35(4)21-28-20-29(16-14-26(28)15-17-31(36)37)39-19-18-30-23(3)41-32(34-30)27-12-10-25(11-13-27)24-8-6-5-7-9-24/h5-14,16,20,22H,15,17-19,21H2,1-4H3,(H,36,37). The van der Waals surface area contributed by atoms with E-state index in [2.05, 4.69) is 24.3 Å². The second-order valence-corrected chi connectivity index (χ2v) is 10.2. The number of hydrogen-bond acceptors (Lipinski definition) is 6. The fourth-order valence-corrected chi connectivity index (χ4v) is 4.42. The number of nitrogens with zero attached hydrogens (tertiary/aromatic N) is 2. The molecule has 1 amide bonds. The molecular formula is C33H36N2O6. The number of hydrogen-bond donors (Lipinski definition) is 1. The van der Waals surface area contributed by atoms with Crippen molar-refractivity contribution >= 4 is 12.1 Å². The summed E-state index contributed by atoms with van der Waals surface area (Å²) in [6, 6.07) is 23.9. The van der Waals surface area contributed by atoms with Crippen LogP contribution in [0.2, 0.25) is 0 Å². The maximum atomic E-state index is 12.3. The van der Waals surface area contributed by atoms with Crippen molar-refractivity contribution in [2.45, 2.75) is 52.7 Å². The molecule has 3 aromatic carbocycles. The first kappa shape index (κ1) is 29.4. The Labute approximate surface area is 240 Å². The summed E-state index contributed by atoms with van der Waals surface area (Å²) in [5, 5.41) is 9.15. The van der Waals surface area contributed by atoms with Crippen LogP contribution >= 0.6 is 0 Å². The number of amides is 1. The Kier molecular flexibility index (Phi) is 9.79. The Bertz CT molecular complexity index is 1460. The molecule has 0 bridgehead atoms. The monoisotopic (exact) mass is 556 g/mol. The average molecular weight is 557 g/mol. The van der Waals surface area contributed by atoms with Gasteiger partial charge in [0.2, 0.25) is 5.89 Å². The number of benzene rings is 3. The van der Waals surface area contributed by atoms with Crippen LogP contribution in [0.4, 0.5) is 4.79 Å². The van der Waals surface area contributed by atoms with Crippen LogP contribution in [0.15, 0.2) is 77.2 Å². The molecule has 0 aliphatic heterocycles. The van der Waals surface area contributed by atoms with Gasteiger partial charge in [0.15, 0.2) is 0 Å². The molecule has 1 N–H and O–H groups in total. The van der Waals surface area contributed by atoms with Crippen LogP contribution in [0.25, 0.3) is 22.6 Å². The van der Waals surface area contributed by atoms with Gasteiger partial charge >= 0.3 is 12.1 Å². The fourth-order valence-electron chi connectivity index (χ4n) is 4.42. The van der Waals surface area contributed by atoms with Crippen LogP contribution in [0.3, 0.4) is 0 Å². The first-order valence-electron chi connectivity index (χ1n) is 13.7. The zero-order chi connectivity index (χ0) is 29.4. The SMILES string of the molecule is Cc1oc(-c2ccc(-c3ccccc3)cc2)nc1CCOc1ccc(CCC(=O)O)c(CN(C)C(=O)OC(C)C)c1. The van der Waals surface area contributed by atoms with Crippen molar-refractivity contribution in [3.8, 4) is 28.3 Å². The minimum absolute atomic E-state index is 0.00386. The summed E-state index contributed by atoms with van der Waals surface area (Å²) in [7, 11) is 1.65. The van der Waals surface area contributed by atoms with E-state index in [1.807, 2.05) is 55.5 Å². The lowest BCUT2D eigenvalue weighted by atomic mass is 10.0. The van der Waals surface area contributed by atoms with Gasteiger partial charge < -0.3 is 23.9 Å². The van der Waals surface area contributed by atoms with Gasteiger partial charge in [-0.1, -0.05) is 48.5 Å². The number of carbonyl (C=O) groups excluding carboxylic acids is 1. The van der Waals surface area contributed by atoms with E-state index in [-0.39, 0.29) is 19.1 Å². The Morgan fingerprint density at radius 2 is 1.61 bits per heavy atom. The number of aliphatic carboxylic acids is 1. The molecule has 4 aromatic rings. The molecule has 1 heterocycles. The van der Waals surface area contributed by atoms with Gasteiger partial charge in [0, 0.05) is 32.0 Å². The molecule has 8 heteroatoms. The smallest absolute Gasteiger partial charge is 0.410 e. The van der Waals surface area contributed by atoms with Crippen LogP contribution in [-0.4, -0.2) is 46.8 Å². The summed E-state index contributed by atoms with van der Waals surface area (Å²) >= 11 is 0. The molecule has 1 aromatic heterocycles. The predicted octanol–water partition coefficient (Wildman–Crippen LogP) is 6.93. The molecule has 41 heavy (non-hydrogen) atoms. The molecule has 0 aliphatic carbocycles. The molecule has 0 fully saturated rings. The Balaban J connectivity index is 1.41. The number of aromatic nitrogens is 1. The van der Waals surface area contributed by atoms with Crippen molar-refractivity contribution in [1.29, 1.82) is 0 Å². The minimum atomic E-state index is -0.877. The van der Waals surface area contributed by atoms with Crippen molar-refractivity contribution in [2.24, 2.45) is 0 Å². The van der Waals surface area contributed by atoms with Crippen LogP contribution in [0.5, 0.6) is 5.75 Å². The summed E-state index contributed by atoms with van der Waals surface area (Å²) in [6.07, 6.45) is 0.220. The molecule has 0 radical (unpaired) electrons. The van der Waals surface area contributed by atoms with Gasteiger partial charge in [-0.2, -0.15) is 0 Å². The highest BCUT2D eigenvalue weighted by Crippen LogP contribution is 2.27. The third kappa shape index (κ3) is 8.20. The summed E-state index contributed by atoms with van der Waals surface area (Å²) in [4.78, 5) is 29.7. The zero-order valence-electron chi connectivity index (χ0n) is 23.9. The third-order valence-electron chi connectivity index (χ3n) is 6.58. The molecule has 0 unspecified atom stereocenters. The molecule has 0 spiro atoms. The molecule has 8 nitrogen and oxygen atoms in total. The molecule has 0 saturated heterocycles. The minimum Gasteiger partial charge on any atom is -0.493 e. The second kappa shape index (κ2) is 13.7. The van der Waals surface area contributed by atoms with Gasteiger partial charge in [0.1, 0.15) is 11.5 Å². The third-order valence-corrected chi connectivity index (χ3v) is 6.58. The predicted molar refractivity (Wildman–Crippen MR) is 157 cm³/mol. The summed E-state index contributed by atoms with van der Waals surface area (Å²) in [6.45, 7) is 6.12. The second-order valence-electron chi connectivity index (χ2n) is 10.2. The highest BCUT2D eigenvalue weighted by atomic mass is 16.6. The number of carbonyl (C=O) groups is 2. The van der Waals surface area contributed by atoms with E-state index in [9.17, 15) is 9.59 Å². The Morgan fingerprint density at radius 1 is 0.927 bits per heavy atom. The summed E-state index contributed by atoms with van der Waals surface area (Å²) in [5.74, 6) is 1.06. The summed E-state index contributed by atoms with van der Waals surface area (Å²) < 4.78 is 17.3. The summed E-state index contributed by atoms with van der Waals surface area (Å²) in [5.41, 5.74) is 5.66. The average Bonchev–Trinajstić information content (AvgIpc) is 3.32. The zero-order valence-corrected chi connectivity index (χ0v) is 23.9. The number of rotatable bonds is 12. The fraction of sp³-hybridized carbons (Fsp3) is 0.303. The van der Waals surface area contributed by atoms with Gasteiger partial charge in [-0.25, -0.2) is 9.78 Å². The topological polar surface area (TPSA) is 102 Å². The van der Waals surface area contributed by atoms with Gasteiger partial charge in [-0.3, -0.25) is 4.79 Å². The maximum Gasteiger partial charge on any atom is 0.410 e. The van der Waals surface area contributed by atoms with E-state index in [0.717, 1.165) is 39.3 Å². The number of ether oxygens (including phenoxy) is 2. The lowest BCUT2D eigenvalue weighted by molar-refractivity contribution is -0.136. The van der Waals surface area contributed by atoms with Gasteiger partial charge in [-0.15, -0.1) is 0 Å². The molecular weight excluding hydrogens is 520 g/mol. The van der Waals surface area contributed by atoms with Gasteiger partial charge in [-0.05, 0) is 73.7 Å². The number of aryl methyl sites for hydroxylation is 2. The highest BCUT2D eigenvalue weighted by molar-refractivity contribution is 5.69. The highest BCUT2D eigenvalue weighted by Gasteiger charge is 2.16. The Morgan fingerprint density at radius 3 is 2.29 bits per heavy atom. The molecule has 214 valence electrons. The Hall–Kier alpha value is -4.59. The normalized spacial score (nSPS) is 11.0. The maximum absolute atomic E-state index is 12.3. The lowest BCUT2D eigenvalue weighted by Crippen LogP contribution is -2.29. The number of carboxylic acids is 1. The van der Waals surface area contributed by atoms with Crippen molar-refractivity contribution in [3.05, 3.63) is 95.4 Å². The first-order chi connectivity index (χ1) is 19.7. The quantitative estimate of drug-likeness (QED) is 0.202. The lowest BCUT2D eigenvalue weighted by Gasteiger charge is -2.21. The largest absolute Gasteiger partial charge is 0.493 e. The molecule has 0 atom stereocenters. The van der Waals surface area contributed by atoms with E-state index in [0.29, 0.717) is 31.1 Å². The van der Waals surface area contributed by atoms with E-state index < -0.39 is 12.1 Å². The van der Waals surface area contributed by atoms with Crippen LogP contribution in [0.1, 0.15) is 42.8 Å². The molecule has 4 rings (SSSR count). The van der Waals surface area contributed by atoms with E-state index in [1.54, 1.807) is 20.9 Å². The van der Waals surface area contributed by atoms with Crippen LogP contribution < -0.4 is 4.74 Å². The van der Waals surface area contributed by atoms with Crippen molar-refractivity contribution in [2.75, 3.05) is 13.7 Å². The number of oxazole rings is 1. The van der Waals surface area contributed by atoms with Crippen molar-refractivity contribution < 1.29 is 28.6 Å². The van der Waals surface area contributed by atoms with Gasteiger partial charge in [0.05, 0.1) is 18.4 Å². The number of carboxylic acid groups (broad SMARTS) is 1. The van der Waals surface area contributed by atoms with E-state index in [1.165, 1.54) is 4.90 Å². The first-order valence-corrected chi connectivity index (χ1v) is 13.7.